The third-order valence-corrected chi connectivity index (χ3v) is 16.2. The number of carbonyl (C=O) groups is 4. The molecule has 3 amide bonds. The number of para-hydroxylation sites is 1. The van der Waals surface area contributed by atoms with Crippen LogP contribution in [0.1, 0.15) is 133 Å². The molecule has 1 spiro atoms. The zero-order valence-corrected chi connectivity index (χ0v) is 33.5. The van der Waals surface area contributed by atoms with Crippen LogP contribution in [-0.2, 0) is 35.6 Å². The number of alkyl carbamates (subject to hydrolysis) is 1. The predicted molar refractivity (Wildman–Crippen MR) is 208 cm³/mol. The van der Waals surface area contributed by atoms with Crippen LogP contribution in [0, 0.1) is 17.2 Å². The van der Waals surface area contributed by atoms with Gasteiger partial charge in [-0.3, -0.25) is 19.1 Å². The molecule has 4 saturated carbocycles. The van der Waals surface area contributed by atoms with Crippen LogP contribution in [0.15, 0.2) is 30.4 Å². The molecule has 1 saturated heterocycles. The summed E-state index contributed by atoms with van der Waals surface area (Å²) in [6.07, 6.45) is 13.9. The highest BCUT2D eigenvalue weighted by Crippen LogP contribution is 2.58. The number of nitrogens with one attached hydrogen (secondary N) is 2. The van der Waals surface area contributed by atoms with E-state index in [-0.39, 0.29) is 43.1 Å². The van der Waals surface area contributed by atoms with E-state index in [1.54, 1.807) is 17.9 Å². The number of carbonyl (C=O) groups excluding carboxylic acids is 4. The quantitative estimate of drug-likeness (QED) is 0.314. The predicted octanol–water partition coefficient (Wildman–Crippen LogP) is 6.44. The number of sulfonamides is 1. The summed E-state index contributed by atoms with van der Waals surface area (Å²) in [5.41, 5.74) is -0.373. The molecule has 12 nitrogen and oxygen atoms in total. The number of rotatable bonds is 6. The number of hydrogen-bond donors (Lipinski definition) is 2. The summed E-state index contributed by atoms with van der Waals surface area (Å²) in [7, 11) is -3.96. The summed E-state index contributed by atoms with van der Waals surface area (Å²) in [4.78, 5) is 63.4. The number of benzene rings is 1. The smallest absolute Gasteiger partial charge is 0.408 e. The largest absolute Gasteiger partial charge is 0.483 e. The molecule has 5 fully saturated rings. The minimum atomic E-state index is -3.96. The Morgan fingerprint density at radius 1 is 1.00 bits per heavy atom. The third kappa shape index (κ3) is 7.22. The Labute approximate surface area is 333 Å². The molecule has 3 aliphatic heterocycles. The van der Waals surface area contributed by atoms with Crippen molar-refractivity contribution < 1.29 is 41.5 Å². The van der Waals surface area contributed by atoms with Gasteiger partial charge in [0, 0.05) is 29.7 Å². The topological polar surface area (TPSA) is 161 Å². The molecule has 2 aromatic rings. The summed E-state index contributed by atoms with van der Waals surface area (Å²) >= 11 is 0. The van der Waals surface area contributed by atoms with Crippen molar-refractivity contribution in [2.24, 2.45) is 11.3 Å². The van der Waals surface area contributed by atoms with E-state index in [1.165, 1.54) is 6.07 Å². The lowest BCUT2D eigenvalue weighted by Crippen LogP contribution is -2.53. The Hall–Kier alpha value is -4.07. The first-order chi connectivity index (χ1) is 27.3. The second-order valence-electron chi connectivity index (χ2n) is 18.3. The Morgan fingerprint density at radius 3 is 2.53 bits per heavy atom. The van der Waals surface area contributed by atoms with Gasteiger partial charge >= 0.3 is 6.09 Å². The first-order valence-corrected chi connectivity index (χ1v) is 22.6. The van der Waals surface area contributed by atoms with Gasteiger partial charge in [-0.25, -0.2) is 22.6 Å². The molecular formula is C43H53FN4O8S. The van der Waals surface area contributed by atoms with Gasteiger partial charge in [0.1, 0.15) is 34.8 Å². The fourth-order valence-corrected chi connectivity index (χ4v) is 11.2. The number of pyridine rings is 1. The van der Waals surface area contributed by atoms with Crippen LogP contribution in [0.5, 0.6) is 5.75 Å². The van der Waals surface area contributed by atoms with Crippen LogP contribution >= 0.6 is 0 Å². The highest BCUT2D eigenvalue weighted by atomic mass is 32.2. The number of fused-ring (bicyclic) bond motifs is 5. The lowest BCUT2D eigenvalue weighted by atomic mass is 9.85. The number of amides is 3. The molecule has 0 bridgehead atoms. The molecule has 14 heteroatoms. The molecule has 9 rings (SSSR count). The third-order valence-electron chi connectivity index (χ3n) is 14.0. The van der Waals surface area contributed by atoms with Crippen LogP contribution in [-0.4, -0.2) is 77.1 Å². The highest BCUT2D eigenvalue weighted by Gasteiger charge is 2.63. The fraction of sp³-hybridized carbons (Fsp3) is 0.651. The van der Waals surface area contributed by atoms with Gasteiger partial charge in [0.25, 0.3) is 0 Å². The SMILES string of the molecule is CC1(S(=O)(=O)NC(=O)[C@]23CC(=O)[C@@H]4C[C@]5(CCc6c(c(C7CC7)nc7c(F)cccc67)O5)CN4C(=O)[C@@H](NC(=O)OC4CCCC4)CCCCC/C=C\[C@@H]2C3)CC1. The van der Waals surface area contributed by atoms with Crippen molar-refractivity contribution in [2.45, 2.75) is 157 Å². The second-order valence-corrected chi connectivity index (χ2v) is 20.5. The van der Waals surface area contributed by atoms with Crippen molar-refractivity contribution in [3.8, 4) is 5.75 Å². The van der Waals surface area contributed by atoms with Gasteiger partial charge in [-0.1, -0.05) is 37.1 Å². The van der Waals surface area contributed by atoms with Crippen molar-refractivity contribution in [1.82, 2.24) is 19.9 Å². The van der Waals surface area contributed by atoms with E-state index >= 15 is 4.39 Å². The van der Waals surface area contributed by atoms with E-state index in [4.69, 9.17) is 14.5 Å². The average Bonchev–Trinajstić information content (AvgIpc) is 4.14. The van der Waals surface area contributed by atoms with Gasteiger partial charge in [-0.05, 0) is 109 Å². The van der Waals surface area contributed by atoms with Crippen molar-refractivity contribution in [3.05, 3.63) is 47.4 Å². The molecule has 7 aliphatic rings. The minimum Gasteiger partial charge on any atom is -0.483 e. The molecular weight excluding hydrogens is 752 g/mol. The zero-order valence-electron chi connectivity index (χ0n) is 32.7. The second kappa shape index (κ2) is 14.3. The number of halogens is 1. The van der Waals surface area contributed by atoms with Gasteiger partial charge in [0.15, 0.2) is 5.78 Å². The van der Waals surface area contributed by atoms with Crippen LogP contribution < -0.4 is 14.8 Å². The molecule has 5 atom stereocenters. The number of ether oxygens (including phenoxy) is 2. The van der Waals surface area contributed by atoms with E-state index in [2.05, 4.69) is 10.0 Å². The maximum atomic E-state index is 15.1. The molecule has 4 aliphatic carbocycles. The van der Waals surface area contributed by atoms with Crippen molar-refractivity contribution in [3.63, 3.8) is 0 Å². The lowest BCUT2D eigenvalue weighted by Gasteiger charge is -2.37. The number of hydrogen-bond acceptors (Lipinski definition) is 9. The monoisotopic (exact) mass is 804 g/mol. The van der Waals surface area contributed by atoms with E-state index < -0.39 is 61.6 Å². The summed E-state index contributed by atoms with van der Waals surface area (Å²) < 4.78 is 55.7. The molecule has 1 aromatic carbocycles. The normalized spacial score (nSPS) is 32.0. The maximum absolute atomic E-state index is 15.1. The fourth-order valence-electron chi connectivity index (χ4n) is 9.85. The number of ketones is 1. The number of nitrogens with zero attached hydrogens (tertiary/aromatic N) is 2. The van der Waals surface area contributed by atoms with Crippen LogP contribution in [0.25, 0.3) is 10.9 Å². The van der Waals surface area contributed by atoms with Crippen LogP contribution in [0.4, 0.5) is 9.18 Å². The molecule has 306 valence electrons. The summed E-state index contributed by atoms with van der Waals surface area (Å²) in [5, 5.41) is 3.56. The first-order valence-electron chi connectivity index (χ1n) is 21.1. The summed E-state index contributed by atoms with van der Waals surface area (Å²) in [6.45, 7) is 1.69. The Morgan fingerprint density at radius 2 is 1.77 bits per heavy atom. The van der Waals surface area contributed by atoms with Crippen LogP contribution in [0.3, 0.4) is 0 Å². The molecule has 1 aromatic heterocycles. The van der Waals surface area contributed by atoms with Crippen molar-refractivity contribution in [1.29, 1.82) is 0 Å². The van der Waals surface area contributed by atoms with Gasteiger partial charge < -0.3 is 19.7 Å². The van der Waals surface area contributed by atoms with E-state index in [1.807, 2.05) is 18.2 Å². The number of aromatic nitrogens is 1. The molecule has 2 N–H and O–H groups in total. The zero-order chi connectivity index (χ0) is 39.7. The molecule has 57 heavy (non-hydrogen) atoms. The van der Waals surface area contributed by atoms with E-state index in [0.29, 0.717) is 67.3 Å². The molecule has 0 radical (unpaired) electrons. The minimum absolute atomic E-state index is 0.0675. The lowest BCUT2D eigenvalue weighted by molar-refractivity contribution is -0.140. The molecule has 0 unspecified atom stereocenters. The van der Waals surface area contributed by atoms with Gasteiger partial charge in [-0.2, -0.15) is 0 Å². The van der Waals surface area contributed by atoms with Gasteiger partial charge in [0.2, 0.25) is 21.8 Å². The van der Waals surface area contributed by atoms with E-state index in [0.717, 1.165) is 63.4 Å². The van der Waals surface area contributed by atoms with Crippen molar-refractivity contribution >= 4 is 44.6 Å². The van der Waals surface area contributed by atoms with Gasteiger partial charge in [0.05, 0.1) is 28.4 Å². The van der Waals surface area contributed by atoms with E-state index in [9.17, 15) is 27.6 Å². The highest BCUT2D eigenvalue weighted by molar-refractivity contribution is 7.91. The Balaban J connectivity index is 1.06. The summed E-state index contributed by atoms with van der Waals surface area (Å²) in [6, 6.07) is 2.97. The number of Topliss-reactive ketones (excluding diaryl/α,β-unsaturated/α-hetero) is 1. The maximum Gasteiger partial charge on any atom is 0.408 e. The van der Waals surface area contributed by atoms with Crippen molar-refractivity contribution in [2.75, 3.05) is 6.54 Å². The Kier molecular flexibility index (Phi) is 9.67. The average molecular weight is 805 g/mol. The standard InChI is InChI=1S/C43H53FN4O8S/c1-41(20-21-41)57(53,54)47-39(51)43-22-27(43)10-5-3-2-4-6-15-32(45-40(52)55-28-11-7-8-12-28)38(50)48-25-42(23-33(48)34(49)24-43)19-18-30-29-13-9-14-31(44)36(29)46-35(26-16-17-26)37(30)56-42/h5,9-10,13-14,26-28,32-33H,2-4,6-8,11-12,15-25H2,1H3,(H,45,52)(H,47,51)/b10-5-/t27-,32+,33+,42-,43-/m1/s1. The van der Waals surface area contributed by atoms with Gasteiger partial charge in [-0.15, -0.1) is 0 Å². The number of aryl methyl sites for hydroxylation is 1. The Bertz CT molecular complexity index is 2150. The van der Waals surface area contributed by atoms with Crippen LogP contribution in [0.2, 0.25) is 0 Å². The summed E-state index contributed by atoms with van der Waals surface area (Å²) in [5.74, 6) is -1.43. The number of allylic oxidation sites excluding steroid dienone is 2. The first kappa shape index (κ1) is 38.4. The molecule has 4 heterocycles.